The number of fused-ring (bicyclic) bond motifs is 1. The molecule has 6 nitrogen and oxygen atoms in total. The van der Waals surface area contributed by atoms with Crippen molar-refractivity contribution in [1.82, 2.24) is 15.1 Å². The summed E-state index contributed by atoms with van der Waals surface area (Å²) < 4.78 is 5.18. The molecule has 6 heteroatoms. The van der Waals surface area contributed by atoms with Crippen molar-refractivity contribution in [3.8, 4) is 0 Å². The van der Waals surface area contributed by atoms with Crippen molar-refractivity contribution in [1.29, 1.82) is 0 Å². The van der Waals surface area contributed by atoms with Crippen LogP contribution in [0.4, 0.5) is 0 Å². The predicted octanol–water partition coefficient (Wildman–Crippen LogP) is -0.735. The van der Waals surface area contributed by atoms with Gasteiger partial charge in [0, 0.05) is 30.8 Å². The third-order valence-corrected chi connectivity index (χ3v) is 3.33. The number of nitrogens with one attached hydrogen (secondary N) is 1. The Labute approximate surface area is 92.7 Å². The first kappa shape index (κ1) is 9.80. The van der Waals surface area contributed by atoms with Gasteiger partial charge in [-0.1, -0.05) is 0 Å². The zero-order valence-corrected chi connectivity index (χ0v) is 8.90. The molecule has 3 heterocycles. The van der Waals surface area contributed by atoms with Crippen molar-refractivity contribution in [2.45, 2.75) is 19.0 Å². The molecule has 0 unspecified atom stereocenters. The van der Waals surface area contributed by atoms with E-state index in [0.717, 1.165) is 44.0 Å². The van der Waals surface area contributed by atoms with E-state index in [2.05, 4.69) is 15.1 Å². The molecule has 3 rings (SSSR count). The van der Waals surface area contributed by atoms with Crippen LogP contribution >= 0.6 is 0 Å². The number of primary amides is 1. The van der Waals surface area contributed by atoms with Crippen LogP contribution in [0.1, 0.15) is 21.7 Å². The Morgan fingerprint density at radius 3 is 3.00 bits per heavy atom. The lowest BCUT2D eigenvalue weighted by Gasteiger charge is -2.39. The third kappa shape index (κ3) is 1.42. The molecule has 0 bridgehead atoms. The Morgan fingerprint density at radius 2 is 2.38 bits per heavy atom. The maximum Gasteiger partial charge on any atom is 0.269 e. The number of H-pyrrole nitrogens is 1. The van der Waals surface area contributed by atoms with Gasteiger partial charge in [0.25, 0.3) is 5.91 Å². The van der Waals surface area contributed by atoms with E-state index < -0.39 is 5.91 Å². The van der Waals surface area contributed by atoms with Crippen LogP contribution in [0.25, 0.3) is 0 Å². The minimum Gasteiger partial charge on any atom is -0.378 e. The molecule has 0 aromatic carbocycles. The summed E-state index contributed by atoms with van der Waals surface area (Å²) in [6.07, 6.45) is 0.895. The number of aromatic nitrogens is 2. The molecule has 0 aliphatic carbocycles. The number of aromatic amines is 1. The van der Waals surface area contributed by atoms with Gasteiger partial charge in [-0.25, -0.2) is 0 Å². The first-order chi connectivity index (χ1) is 7.75. The average molecular weight is 222 g/mol. The van der Waals surface area contributed by atoms with Crippen LogP contribution in [0.2, 0.25) is 0 Å². The van der Waals surface area contributed by atoms with Gasteiger partial charge < -0.3 is 10.5 Å². The normalized spacial score (nSPS) is 21.5. The molecule has 1 saturated heterocycles. The number of hydrogen-bond donors (Lipinski definition) is 2. The quantitative estimate of drug-likeness (QED) is 0.690. The molecule has 1 aromatic rings. The SMILES string of the molecule is NC(=O)c1n[nH]c2c1CN(C1COC1)CC2. The molecule has 0 spiro atoms. The lowest BCUT2D eigenvalue weighted by Crippen LogP contribution is -2.50. The van der Waals surface area contributed by atoms with Crippen LogP contribution in [-0.4, -0.2) is 46.8 Å². The first-order valence-electron chi connectivity index (χ1n) is 5.43. The van der Waals surface area contributed by atoms with Gasteiger partial charge in [0.05, 0.1) is 19.3 Å². The van der Waals surface area contributed by atoms with E-state index in [9.17, 15) is 4.79 Å². The molecule has 2 aliphatic heterocycles. The van der Waals surface area contributed by atoms with Crippen LogP contribution in [-0.2, 0) is 17.7 Å². The Kier molecular flexibility index (Phi) is 2.19. The van der Waals surface area contributed by atoms with Gasteiger partial charge in [-0.3, -0.25) is 14.8 Å². The summed E-state index contributed by atoms with van der Waals surface area (Å²) >= 11 is 0. The summed E-state index contributed by atoms with van der Waals surface area (Å²) in [5.41, 5.74) is 7.68. The fourth-order valence-corrected chi connectivity index (χ4v) is 2.27. The molecule has 0 saturated carbocycles. The van der Waals surface area contributed by atoms with E-state index in [1.54, 1.807) is 0 Å². The summed E-state index contributed by atoms with van der Waals surface area (Å²) in [5.74, 6) is -0.454. The molecular formula is C10H14N4O2. The number of carbonyl (C=O) groups excluding carboxylic acids is 1. The molecule has 0 radical (unpaired) electrons. The van der Waals surface area contributed by atoms with E-state index in [4.69, 9.17) is 10.5 Å². The highest BCUT2D eigenvalue weighted by molar-refractivity contribution is 5.92. The second-order valence-corrected chi connectivity index (χ2v) is 4.31. The van der Waals surface area contributed by atoms with Crippen molar-refractivity contribution in [2.75, 3.05) is 19.8 Å². The van der Waals surface area contributed by atoms with Crippen molar-refractivity contribution in [3.05, 3.63) is 17.0 Å². The van der Waals surface area contributed by atoms with Gasteiger partial charge in [0.15, 0.2) is 5.69 Å². The van der Waals surface area contributed by atoms with E-state index in [1.165, 1.54) is 0 Å². The third-order valence-electron chi connectivity index (χ3n) is 3.33. The van der Waals surface area contributed by atoms with Crippen LogP contribution in [0.3, 0.4) is 0 Å². The number of hydrogen-bond acceptors (Lipinski definition) is 4. The summed E-state index contributed by atoms with van der Waals surface area (Å²) in [5, 5.41) is 6.87. The van der Waals surface area contributed by atoms with Gasteiger partial charge in [-0.15, -0.1) is 0 Å². The minimum atomic E-state index is -0.454. The van der Waals surface area contributed by atoms with Crippen molar-refractivity contribution in [2.24, 2.45) is 5.73 Å². The van der Waals surface area contributed by atoms with Crippen molar-refractivity contribution in [3.63, 3.8) is 0 Å². The predicted molar refractivity (Wildman–Crippen MR) is 55.8 cm³/mol. The van der Waals surface area contributed by atoms with Gasteiger partial charge in [0.1, 0.15) is 0 Å². The zero-order valence-electron chi connectivity index (χ0n) is 8.90. The summed E-state index contributed by atoms with van der Waals surface area (Å²) in [7, 11) is 0. The van der Waals surface area contributed by atoms with E-state index in [1.807, 2.05) is 0 Å². The highest BCUT2D eigenvalue weighted by atomic mass is 16.5. The molecule has 1 amide bonds. The standard InChI is InChI=1S/C10H14N4O2/c11-10(15)9-7-3-14(6-4-16-5-6)2-1-8(7)12-13-9/h6H,1-5H2,(H2,11,15)(H,12,13). The number of amides is 1. The maximum absolute atomic E-state index is 11.2. The molecule has 86 valence electrons. The number of ether oxygens (including phenoxy) is 1. The second-order valence-electron chi connectivity index (χ2n) is 4.31. The molecule has 16 heavy (non-hydrogen) atoms. The Balaban J connectivity index is 1.85. The topological polar surface area (TPSA) is 84.2 Å². The number of nitrogens with two attached hydrogens (primary N) is 1. The summed E-state index contributed by atoms with van der Waals surface area (Å²) in [4.78, 5) is 13.5. The first-order valence-corrected chi connectivity index (χ1v) is 5.43. The lowest BCUT2D eigenvalue weighted by atomic mass is 10.0. The number of rotatable bonds is 2. The van der Waals surface area contributed by atoms with Gasteiger partial charge in [0.2, 0.25) is 0 Å². The smallest absolute Gasteiger partial charge is 0.269 e. The fourth-order valence-electron chi connectivity index (χ4n) is 2.27. The lowest BCUT2D eigenvalue weighted by molar-refractivity contribution is -0.0696. The zero-order chi connectivity index (χ0) is 11.1. The van der Waals surface area contributed by atoms with Gasteiger partial charge >= 0.3 is 0 Å². The average Bonchev–Trinajstić information content (AvgIpc) is 2.57. The fraction of sp³-hybridized carbons (Fsp3) is 0.600. The molecule has 1 aromatic heterocycles. The molecular weight excluding hydrogens is 208 g/mol. The molecule has 0 atom stereocenters. The maximum atomic E-state index is 11.2. The van der Waals surface area contributed by atoms with Crippen LogP contribution < -0.4 is 5.73 Å². The Morgan fingerprint density at radius 1 is 1.56 bits per heavy atom. The number of carbonyl (C=O) groups is 1. The highest BCUT2D eigenvalue weighted by Gasteiger charge is 2.31. The Bertz CT molecular complexity index is 424. The van der Waals surface area contributed by atoms with E-state index in [-0.39, 0.29) is 0 Å². The Hall–Kier alpha value is -1.40. The van der Waals surface area contributed by atoms with Crippen molar-refractivity contribution >= 4 is 5.91 Å². The summed E-state index contributed by atoms with van der Waals surface area (Å²) in [6.45, 7) is 3.32. The van der Waals surface area contributed by atoms with Gasteiger partial charge in [-0.05, 0) is 0 Å². The minimum absolute atomic E-state index is 0.389. The largest absolute Gasteiger partial charge is 0.378 e. The van der Waals surface area contributed by atoms with Crippen LogP contribution in [0.5, 0.6) is 0 Å². The summed E-state index contributed by atoms with van der Waals surface area (Å²) in [6, 6.07) is 0.490. The van der Waals surface area contributed by atoms with E-state index >= 15 is 0 Å². The van der Waals surface area contributed by atoms with Crippen molar-refractivity contribution < 1.29 is 9.53 Å². The van der Waals surface area contributed by atoms with Crippen LogP contribution in [0.15, 0.2) is 0 Å². The van der Waals surface area contributed by atoms with Crippen LogP contribution in [0, 0.1) is 0 Å². The van der Waals surface area contributed by atoms with E-state index in [0.29, 0.717) is 11.7 Å². The highest BCUT2D eigenvalue weighted by Crippen LogP contribution is 2.23. The molecule has 3 N–H and O–H groups in total. The second kappa shape index (κ2) is 3.57. The monoisotopic (exact) mass is 222 g/mol. The van der Waals surface area contributed by atoms with Gasteiger partial charge in [-0.2, -0.15) is 5.10 Å². The molecule has 1 fully saturated rings. The number of nitrogens with zero attached hydrogens (tertiary/aromatic N) is 2. The molecule has 2 aliphatic rings.